The molecule has 0 aromatic carbocycles. The highest BCUT2D eigenvalue weighted by Crippen LogP contribution is 2.16. The molecule has 0 bridgehead atoms. The summed E-state index contributed by atoms with van der Waals surface area (Å²) in [5.41, 5.74) is 0. The maximum atomic E-state index is 12.1. The van der Waals surface area contributed by atoms with E-state index in [4.69, 9.17) is 0 Å². The maximum absolute atomic E-state index is 12.1. The average molecular weight is 278 g/mol. The van der Waals surface area contributed by atoms with E-state index in [-0.39, 0.29) is 11.9 Å². The molecule has 19 heavy (non-hydrogen) atoms. The largest absolute Gasteiger partial charge is 0.405 e. The number of nitrogens with zero attached hydrogens (tertiary/aromatic N) is 4. The van der Waals surface area contributed by atoms with Crippen LogP contribution in [0.3, 0.4) is 0 Å². The molecule has 0 atom stereocenters. The van der Waals surface area contributed by atoms with Gasteiger partial charge in [0, 0.05) is 20.6 Å². The first-order valence-electron chi connectivity index (χ1n) is 5.79. The molecule has 0 aliphatic heterocycles. The third-order valence-electron chi connectivity index (χ3n) is 2.00. The summed E-state index contributed by atoms with van der Waals surface area (Å²) in [4.78, 5) is 13.5. The lowest BCUT2D eigenvalue weighted by molar-refractivity contribution is -0.115. The van der Waals surface area contributed by atoms with Crippen molar-refractivity contribution in [3.8, 4) is 0 Å². The minimum atomic E-state index is -4.32. The van der Waals surface area contributed by atoms with E-state index in [2.05, 4.69) is 25.6 Å². The van der Waals surface area contributed by atoms with Gasteiger partial charge in [-0.25, -0.2) is 0 Å². The van der Waals surface area contributed by atoms with E-state index in [1.54, 1.807) is 19.0 Å². The molecule has 0 aliphatic rings. The predicted octanol–water partition coefficient (Wildman–Crippen LogP) is 1.73. The van der Waals surface area contributed by atoms with Crippen molar-refractivity contribution in [1.29, 1.82) is 0 Å². The first-order chi connectivity index (χ1) is 8.81. The Hall–Kier alpha value is -1.80. The monoisotopic (exact) mass is 278 g/mol. The molecule has 0 saturated carbocycles. The number of anilines is 3. The zero-order valence-corrected chi connectivity index (χ0v) is 11.0. The molecule has 0 spiro atoms. The van der Waals surface area contributed by atoms with Crippen molar-refractivity contribution < 1.29 is 13.2 Å². The predicted molar refractivity (Wildman–Crippen MR) is 67.5 cm³/mol. The Morgan fingerprint density at radius 1 is 1.05 bits per heavy atom. The number of nitrogens with one attached hydrogen (secondary N) is 2. The Bertz CT molecular complexity index is 407. The van der Waals surface area contributed by atoms with Crippen LogP contribution in [0.15, 0.2) is 0 Å². The Balaban J connectivity index is 2.86. The van der Waals surface area contributed by atoms with Gasteiger partial charge in [0.25, 0.3) is 0 Å². The van der Waals surface area contributed by atoms with Crippen molar-refractivity contribution >= 4 is 17.8 Å². The smallest absolute Gasteiger partial charge is 0.354 e. The van der Waals surface area contributed by atoms with Gasteiger partial charge in [-0.05, 0) is 6.42 Å². The van der Waals surface area contributed by atoms with E-state index in [0.717, 1.165) is 6.42 Å². The molecule has 1 rings (SSSR count). The second-order valence-electron chi connectivity index (χ2n) is 4.07. The van der Waals surface area contributed by atoms with Crippen LogP contribution in [-0.2, 0) is 0 Å². The summed E-state index contributed by atoms with van der Waals surface area (Å²) in [6.45, 7) is 1.41. The highest BCUT2D eigenvalue weighted by molar-refractivity contribution is 5.42. The molecule has 1 aromatic heterocycles. The summed E-state index contributed by atoms with van der Waals surface area (Å²) < 4.78 is 36.4. The molecule has 0 aliphatic carbocycles. The molecule has 1 aromatic rings. The first kappa shape index (κ1) is 15.3. The van der Waals surface area contributed by atoms with Crippen LogP contribution in [0.4, 0.5) is 31.0 Å². The van der Waals surface area contributed by atoms with Gasteiger partial charge in [0.1, 0.15) is 6.54 Å². The molecule has 0 unspecified atom stereocenters. The van der Waals surface area contributed by atoms with Crippen LogP contribution >= 0.6 is 0 Å². The molecule has 0 saturated heterocycles. The SMILES string of the molecule is CCCNc1nc(NCC(F)(F)F)nc(N(C)C)n1. The highest BCUT2D eigenvalue weighted by atomic mass is 19.4. The molecule has 108 valence electrons. The van der Waals surface area contributed by atoms with Crippen LogP contribution < -0.4 is 15.5 Å². The Morgan fingerprint density at radius 2 is 1.63 bits per heavy atom. The van der Waals surface area contributed by atoms with Crippen molar-refractivity contribution in [2.75, 3.05) is 42.7 Å². The number of hydrogen-bond acceptors (Lipinski definition) is 6. The minimum Gasteiger partial charge on any atom is -0.354 e. The summed E-state index contributed by atoms with van der Waals surface area (Å²) in [6, 6.07) is 0. The van der Waals surface area contributed by atoms with Gasteiger partial charge in [-0.3, -0.25) is 0 Å². The Kier molecular flexibility index (Phi) is 5.13. The van der Waals surface area contributed by atoms with Gasteiger partial charge in [-0.15, -0.1) is 0 Å². The fourth-order valence-electron chi connectivity index (χ4n) is 1.14. The van der Waals surface area contributed by atoms with Crippen molar-refractivity contribution in [2.45, 2.75) is 19.5 Å². The number of rotatable bonds is 6. The van der Waals surface area contributed by atoms with Crippen LogP contribution in [0, 0.1) is 0 Å². The van der Waals surface area contributed by atoms with Gasteiger partial charge in [-0.1, -0.05) is 6.92 Å². The fourth-order valence-corrected chi connectivity index (χ4v) is 1.14. The van der Waals surface area contributed by atoms with E-state index in [9.17, 15) is 13.2 Å². The Labute approximate surface area is 109 Å². The van der Waals surface area contributed by atoms with Crippen LogP contribution in [0.25, 0.3) is 0 Å². The summed E-state index contributed by atoms with van der Waals surface area (Å²) in [5.74, 6) is 0.443. The molecular formula is C10H17F3N6. The quantitative estimate of drug-likeness (QED) is 0.826. The number of hydrogen-bond donors (Lipinski definition) is 2. The van der Waals surface area contributed by atoms with Gasteiger partial charge in [0.15, 0.2) is 0 Å². The van der Waals surface area contributed by atoms with E-state index in [1.165, 1.54) is 0 Å². The summed E-state index contributed by atoms with van der Waals surface area (Å²) in [6.07, 6.45) is -3.46. The van der Waals surface area contributed by atoms with Crippen molar-refractivity contribution in [3.05, 3.63) is 0 Å². The molecule has 0 radical (unpaired) electrons. The lowest BCUT2D eigenvalue weighted by atomic mass is 10.5. The number of aromatic nitrogens is 3. The lowest BCUT2D eigenvalue weighted by Gasteiger charge is -2.14. The van der Waals surface area contributed by atoms with Crippen LogP contribution in [-0.4, -0.2) is 48.3 Å². The van der Waals surface area contributed by atoms with E-state index >= 15 is 0 Å². The van der Waals surface area contributed by atoms with Gasteiger partial charge >= 0.3 is 6.18 Å². The molecular weight excluding hydrogens is 261 g/mol. The normalized spacial score (nSPS) is 11.3. The van der Waals surface area contributed by atoms with Crippen molar-refractivity contribution in [2.24, 2.45) is 0 Å². The van der Waals surface area contributed by atoms with Gasteiger partial charge in [0.2, 0.25) is 17.8 Å². The third kappa shape index (κ3) is 5.58. The van der Waals surface area contributed by atoms with Gasteiger partial charge in [-0.2, -0.15) is 28.1 Å². The standard InChI is InChI=1S/C10H17F3N6/c1-4-5-14-7-16-8(15-6-10(11,12)13)18-9(17-7)19(2)3/h4-6H2,1-3H3,(H2,14,15,16,17,18). The van der Waals surface area contributed by atoms with E-state index in [1.807, 2.05) is 6.92 Å². The Morgan fingerprint density at radius 3 is 2.11 bits per heavy atom. The average Bonchev–Trinajstić information content (AvgIpc) is 2.32. The second kappa shape index (κ2) is 6.39. The molecule has 0 amide bonds. The zero-order valence-electron chi connectivity index (χ0n) is 11.0. The van der Waals surface area contributed by atoms with Crippen LogP contribution in [0.2, 0.25) is 0 Å². The number of alkyl halides is 3. The van der Waals surface area contributed by atoms with Gasteiger partial charge < -0.3 is 15.5 Å². The minimum absolute atomic E-state index is 0.102. The molecule has 6 nitrogen and oxygen atoms in total. The van der Waals surface area contributed by atoms with Crippen molar-refractivity contribution in [1.82, 2.24) is 15.0 Å². The molecule has 2 N–H and O–H groups in total. The third-order valence-corrected chi connectivity index (χ3v) is 2.00. The molecule has 1 heterocycles. The van der Waals surface area contributed by atoms with Gasteiger partial charge in [0.05, 0.1) is 0 Å². The van der Waals surface area contributed by atoms with Crippen LogP contribution in [0.1, 0.15) is 13.3 Å². The number of halogens is 3. The summed E-state index contributed by atoms with van der Waals surface area (Å²) >= 11 is 0. The molecule has 9 heteroatoms. The maximum Gasteiger partial charge on any atom is 0.405 e. The second-order valence-corrected chi connectivity index (χ2v) is 4.07. The fraction of sp³-hybridized carbons (Fsp3) is 0.700. The lowest BCUT2D eigenvalue weighted by Crippen LogP contribution is -2.24. The first-order valence-corrected chi connectivity index (χ1v) is 5.79. The van der Waals surface area contributed by atoms with E-state index < -0.39 is 12.7 Å². The topological polar surface area (TPSA) is 66.0 Å². The zero-order chi connectivity index (χ0) is 14.5. The highest BCUT2D eigenvalue weighted by Gasteiger charge is 2.27. The summed E-state index contributed by atoms with van der Waals surface area (Å²) in [5, 5.41) is 5.06. The van der Waals surface area contributed by atoms with Crippen molar-refractivity contribution in [3.63, 3.8) is 0 Å². The van der Waals surface area contributed by atoms with Crippen LogP contribution in [0.5, 0.6) is 0 Å². The molecule has 0 fully saturated rings. The summed E-state index contributed by atoms with van der Waals surface area (Å²) in [7, 11) is 3.40. The van der Waals surface area contributed by atoms with E-state index in [0.29, 0.717) is 12.5 Å².